The Labute approximate surface area is 146 Å². The summed E-state index contributed by atoms with van der Waals surface area (Å²) in [6, 6.07) is 8.26. The predicted octanol–water partition coefficient (Wildman–Crippen LogP) is 4.57. The van der Waals surface area contributed by atoms with Crippen molar-refractivity contribution < 1.29 is 14.5 Å². The van der Waals surface area contributed by atoms with Gasteiger partial charge in [-0.05, 0) is 24.3 Å². The highest BCUT2D eigenvalue weighted by Gasteiger charge is 2.12. The fourth-order valence-electron chi connectivity index (χ4n) is 1.67. The van der Waals surface area contributed by atoms with Crippen molar-refractivity contribution in [3.8, 4) is 5.75 Å². The average molecular weight is 376 g/mol. The van der Waals surface area contributed by atoms with E-state index in [0.717, 1.165) is 6.07 Å². The van der Waals surface area contributed by atoms with E-state index < -0.39 is 10.8 Å². The standard InChI is InChI=1S/C14H9Cl3N2O4/c15-8-3-9(16)5-11(4-8)23-7-14(20)18-13-6-10(19(21)22)1-2-12(13)17/h1-6H,7H2,(H,18,20). The van der Waals surface area contributed by atoms with Crippen LogP contribution >= 0.6 is 34.8 Å². The molecule has 0 aromatic heterocycles. The molecule has 0 unspecified atom stereocenters. The fraction of sp³-hybridized carbons (Fsp3) is 0.0714. The van der Waals surface area contributed by atoms with Crippen molar-refractivity contribution in [3.63, 3.8) is 0 Å². The maximum absolute atomic E-state index is 11.9. The van der Waals surface area contributed by atoms with E-state index in [1.165, 1.54) is 30.3 Å². The third kappa shape index (κ3) is 4.99. The molecule has 2 aromatic carbocycles. The van der Waals surface area contributed by atoms with Crippen LogP contribution < -0.4 is 10.1 Å². The Morgan fingerprint density at radius 3 is 2.39 bits per heavy atom. The highest BCUT2D eigenvalue weighted by atomic mass is 35.5. The zero-order chi connectivity index (χ0) is 17.0. The molecular formula is C14H9Cl3N2O4. The minimum atomic E-state index is -0.587. The van der Waals surface area contributed by atoms with Gasteiger partial charge in [-0.2, -0.15) is 0 Å². The number of ether oxygens (including phenoxy) is 1. The summed E-state index contributed by atoms with van der Waals surface area (Å²) in [6.07, 6.45) is 0. The Kier molecular flexibility index (Phi) is 5.65. The maximum atomic E-state index is 11.9. The Hall–Kier alpha value is -2.02. The number of nitrogens with one attached hydrogen (secondary N) is 1. The van der Waals surface area contributed by atoms with Gasteiger partial charge in [-0.1, -0.05) is 34.8 Å². The molecule has 1 amide bonds. The molecule has 120 valence electrons. The number of carbonyl (C=O) groups is 1. The minimum absolute atomic E-state index is 0.124. The Morgan fingerprint density at radius 1 is 1.13 bits per heavy atom. The smallest absolute Gasteiger partial charge is 0.271 e. The minimum Gasteiger partial charge on any atom is -0.484 e. The van der Waals surface area contributed by atoms with Crippen molar-refractivity contribution in [1.29, 1.82) is 0 Å². The number of rotatable bonds is 5. The molecule has 9 heteroatoms. The summed E-state index contributed by atoms with van der Waals surface area (Å²) in [7, 11) is 0. The third-order valence-electron chi connectivity index (χ3n) is 2.64. The number of nitro benzene ring substituents is 1. The van der Waals surface area contributed by atoms with Crippen LogP contribution in [0.4, 0.5) is 11.4 Å². The van der Waals surface area contributed by atoms with E-state index >= 15 is 0 Å². The first-order valence-corrected chi connectivity index (χ1v) is 7.31. The Morgan fingerprint density at radius 2 is 1.78 bits per heavy atom. The Balaban J connectivity index is 2.02. The monoisotopic (exact) mass is 374 g/mol. The predicted molar refractivity (Wildman–Crippen MR) is 88.7 cm³/mol. The summed E-state index contributed by atoms with van der Waals surface area (Å²) in [5.74, 6) is -0.216. The van der Waals surface area contributed by atoms with Crippen molar-refractivity contribution in [2.45, 2.75) is 0 Å². The van der Waals surface area contributed by atoms with E-state index in [1.807, 2.05) is 0 Å². The zero-order valence-corrected chi connectivity index (χ0v) is 13.7. The molecule has 0 aliphatic carbocycles. The lowest BCUT2D eigenvalue weighted by Gasteiger charge is -2.09. The second kappa shape index (κ2) is 7.50. The van der Waals surface area contributed by atoms with Crippen molar-refractivity contribution >= 4 is 52.1 Å². The molecule has 2 aromatic rings. The van der Waals surface area contributed by atoms with Crippen molar-refractivity contribution in [1.82, 2.24) is 0 Å². The summed E-state index contributed by atoms with van der Waals surface area (Å²) in [6.45, 7) is -0.338. The van der Waals surface area contributed by atoms with Crippen LogP contribution in [0.1, 0.15) is 0 Å². The van der Waals surface area contributed by atoms with Gasteiger partial charge >= 0.3 is 0 Å². The molecule has 23 heavy (non-hydrogen) atoms. The molecule has 6 nitrogen and oxygen atoms in total. The van der Waals surface area contributed by atoms with E-state index in [9.17, 15) is 14.9 Å². The van der Waals surface area contributed by atoms with Gasteiger partial charge in [0.1, 0.15) is 5.75 Å². The van der Waals surface area contributed by atoms with Crippen LogP contribution in [0.15, 0.2) is 36.4 Å². The van der Waals surface area contributed by atoms with Gasteiger partial charge in [-0.3, -0.25) is 14.9 Å². The number of carbonyl (C=O) groups excluding carboxylic acids is 1. The molecule has 0 bridgehead atoms. The van der Waals surface area contributed by atoms with Gasteiger partial charge in [0, 0.05) is 22.2 Å². The van der Waals surface area contributed by atoms with Crippen LogP contribution in [-0.2, 0) is 4.79 Å². The van der Waals surface area contributed by atoms with E-state index in [1.54, 1.807) is 0 Å². The highest BCUT2D eigenvalue weighted by Crippen LogP contribution is 2.27. The van der Waals surface area contributed by atoms with E-state index in [0.29, 0.717) is 15.8 Å². The van der Waals surface area contributed by atoms with Gasteiger partial charge in [-0.25, -0.2) is 0 Å². The average Bonchev–Trinajstić information content (AvgIpc) is 2.46. The zero-order valence-electron chi connectivity index (χ0n) is 11.4. The molecule has 2 rings (SSSR count). The van der Waals surface area contributed by atoms with Crippen LogP contribution in [0.2, 0.25) is 15.1 Å². The molecule has 0 aliphatic heterocycles. The van der Waals surface area contributed by atoms with Gasteiger partial charge < -0.3 is 10.1 Å². The third-order valence-corrected chi connectivity index (χ3v) is 3.41. The molecule has 0 fully saturated rings. The first-order chi connectivity index (χ1) is 10.8. The van der Waals surface area contributed by atoms with Crippen LogP contribution in [0.25, 0.3) is 0 Å². The number of hydrogen-bond donors (Lipinski definition) is 1. The van der Waals surface area contributed by atoms with Crippen LogP contribution in [0, 0.1) is 10.1 Å². The van der Waals surface area contributed by atoms with E-state index in [-0.39, 0.29) is 23.0 Å². The molecule has 0 spiro atoms. The largest absolute Gasteiger partial charge is 0.484 e. The lowest BCUT2D eigenvalue weighted by atomic mass is 10.3. The van der Waals surface area contributed by atoms with Gasteiger partial charge in [0.05, 0.1) is 15.6 Å². The van der Waals surface area contributed by atoms with Gasteiger partial charge in [0.25, 0.3) is 11.6 Å². The van der Waals surface area contributed by atoms with Gasteiger partial charge in [0.15, 0.2) is 6.61 Å². The summed E-state index contributed by atoms with van der Waals surface area (Å²) in [5.41, 5.74) is -0.0640. The van der Waals surface area contributed by atoms with Gasteiger partial charge in [-0.15, -0.1) is 0 Å². The number of non-ortho nitro benzene ring substituents is 1. The van der Waals surface area contributed by atoms with Crippen LogP contribution in [0.3, 0.4) is 0 Å². The molecule has 0 aliphatic rings. The SMILES string of the molecule is O=C(COc1cc(Cl)cc(Cl)c1)Nc1cc([N+](=O)[O-])ccc1Cl. The second-order valence-electron chi connectivity index (χ2n) is 4.36. The normalized spacial score (nSPS) is 10.2. The molecule has 0 saturated carbocycles. The number of nitro groups is 1. The first-order valence-electron chi connectivity index (χ1n) is 6.18. The topological polar surface area (TPSA) is 81.5 Å². The number of anilines is 1. The lowest BCUT2D eigenvalue weighted by Crippen LogP contribution is -2.20. The number of benzene rings is 2. The number of amides is 1. The first kappa shape index (κ1) is 17.3. The molecular weight excluding hydrogens is 367 g/mol. The van der Waals surface area contributed by atoms with Crippen molar-refractivity contribution in [2.24, 2.45) is 0 Å². The quantitative estimate of drug-likeness (QED) is 0.613. The number of nitrogens with zero attached hydrogens (tertiary/aromatic N) is 1. The molecule has 0 atom stereocenters. The number of hydrogen-bond acceptors (Lipinski definition) is 4. The highest BCUT2D eigenvalue weighted by molar-refractivity contribution is 6.35. The van der Waals surface area contributed by atoms with E-state index in [2.05, 4.69) is 5.32 Å². The molecule has 0 saturated heterocycles. The van der Waals surface area contributed by atoms with Gasteiger partial charge in [0.2, 0.25) is 0 Å². The summed E-state index contributed by atoms with van der Waals surface area (Å²) in [4.78, 5) is 22.0. The molecule has 0 radical (unpaired) electrons. The lowest BCUT2D eigenvalue weighted by molar-refractivity contribution is -0.384. The van der Waals surface area contributed by atoms with Crippen LogP contribution in [-0.4, -0.2) is 17.4 Å². The van der Waals surface area contributed by atoms with E-state index in [4.69, 9.17) is 39.5 Å². The van der Waals surface area contributed by atoms with Crippen LogP contribution in [0.5, 0.6) is 5.75 Å². The van der Waals surface area contributed by atoms with Crippen molar-refractivity contribution in [2.75, 3.05) is 11.9 Å². The molecule has 0 heterocycles. The molecule has 1 N–H and O–H groups in total. The maximum Gasteiger partial charge on any atom is 0.271 e. The van der Waals surface area contributed by atoms with Crippen molar-refractivity contribution in [3.05, 3.63) is 61.6 Å². The number of halogens is 3. The Bertz CT molecular complexity index is 747. The fourth-order valence-corrected chi connectivity index (χ4v) is 2.34. The summed E-state index contributed by atoms with van der Waals surface area (Å²) in [5, 5.41) is 14.1. The summed E-state index contributed by atoms with van der Waals surface area (Å²) >= 11 is 17.5. The summed E-state index contributed by atoms with van der Waals surface area (Å²) < 4.78 is 5.26. The second-order valence-corrected chi connectivity index (χ2v) is 5.64.